The molecule has 2 aromatic rings. The second kappa shape index (κ2) is 7.19. The minimum Gasteiger partial charge on any atom is -0.395 e. The second-order valence-electron chi connectivity index (χ2n) is 7.00. The van der Waals surface area contributed by atoms with Crippen LogP contribution in [0.3, 0.4) is 0 Å². The molecule has 0 spiro atoms. The van der Waals surface area contributed by atoms with Gasteiger partial charge in [-0.2, -0.15) is 0 Å². The summed E-state index contributed by atoms with van der Waals surface area (Å²) >= 11 is 0. The van der Waals surface area contributed by atoms with E-state index < -0.39 is 0 Å². The van der Waals surface area contributed by atoms with Crippen molar-refractivity contribution in [3.63, 3.8) is 0 Å². The van der Waals surface area contributed by atoms with Crippen LogP contribution < -0.4 is 4.90 Å². The zero-order chi connectivity index (χ0) is 18.1. The Hall–Kier alpha value is -2.21. The summed E-state index contributed by atoms with van der Waals surface area (Å²) in [6, 6.07) is 18.6. The molecule has 5 nitrogen and oxygen atoms in total. The molecular weight excluding hydrogens is 328 g/mol. The van der Waals surface area contributed by atoms with E-state index in [9.17, 15) is 9.90 Å². The summed E-state index contributed by atoms with van der Waals surface area (Å²) in [7, 11) is 1.55. The summed E-state index contributed by atoms with van der Waals surface area (Å²) in [6.07, 6.45) is 0. The highest BCUT2D eigenvalue weighted by molar-refractivity contribution is 5.96. The molecule has 2 aromatic carbocycles. The summed E-state index contributed by atoms with van der Waals surface area (Å²) in [5, 5.41) is 10.0. The third kappa shape index (κ3) is 2.82. The highest BCUT2D eigenvalue weighted by Crippen LogP contribution is 2.48. The number of aliphatic hydroxyl groups excluding tert-OH is 1. The lowest BCUT2D eigenvalue weighted by atomic mass is 9.71. The van der Waals surface area contributed by atoms with Gasteiger partial charge in [0.05, 0.1) is 6.61 Å². The van der Waals surface area contributed by atoms with E-state index in [2.05, 4.69) is 23.1 Å². The Morgan fingerprint density at radius 1 is 1.15 bits per heavy atom. The number of methoxy groups -OCH3 is 1. The van der Waals surface area contributed by atoms with E-state index in [1.807, 2.05) is 41.3 Å². The van der Waals surface area contributed by atoms with Crippen molar-refractivity contribution in [1.82, 2.24) is 4.90 Å². The van der Waals surface area contributed by atoms with E-state index in [-0.39, 0.29) is 37.1 Å². The molecule has 0 aromatic heterocycles. The number of benzene rings is 2. The first-order valence-electron chi connectivity index (χ1n) is 9.03. The summed E-state index contributed by atoms with van der Waals surface area (Å²) in [4.78, 5) is 16.7. The number of ether oxygens (including phenoxy) is 1. The number of anilines is 1. The Balaban J connectivity index is 1.65. The van der Waals surface area contributed by atoms with Crippen LogP contribution in [0, 0.1) is 0 Å². The number of carbonyl (C=O) groups excluding carboxylic acids is 1. The van der Waals surface area contributed by atoms with Gasteiger partial charge in [-0.3, -0.25) is 9.69 Å². The normalized spacial score (nSPS) is 24.5. The van der Waals surface area contributed by atoms with Crippen LogP contribution in [0.2, 0.25) is 0 Å². The largest absolute Gasteiger partial charge is 0.395 e. The van der Waals surface area contributed by atoms with Gasteiger partial charge in [0.1, 0.15) is 6.61 Å². The molecule has 136 valence electrons. The Kier molecular flexibility index (Phi) is 4.76. The lowest BCUT2D eigenvalue weighted by molar-refractivity contribution is -0.123. The maximum atomic E-state index is 12.6. The van der Waals surface area contributed by atoms with Crippen LogP contribution in [0.5, 0.6) is 0 Å². The molecule has 0 radical (unpaired) electrons. The quantitative estimate of drug-likeness (QED) is 0.894. The predicted octanol–water partition coefficient (Wildman–Crippen LogP) is 2.01. The molecule has 0 bridgehead atoms. The van der Waals surface area contributed by atoms with E-state index in [0.29, 0.717) is 6.54 Å². The van der Waals surface area contributed by atoms with Gasteiger partial charge in [-0.1, -0.05) is 48.5 Å². The van der Waals surface area contributed by atoms with Crippen molar-refractivity contribution in [2.24, 2.45) is 0 Å². The van der Waals surface area contributed by atoms with Crippen LogP contribution in [-0.4, -0.2) is 54.9 Å². The molecule has 2 aliphatic rings. The number of likely N-dealkylation sites (tertiary alicyclic amines) is 1. The fourth-order valence-corrected chi connectivity index (χ4v) is 4.43. The van der Waals surface area contributed by atoms with Crippen molar-refractivity contribution in [2.75, 3.05) is 31.8 Å². The predicted molar refractivity (Wildman–Crippen MR) is 100 cm³/mol. The second-order valence-corrected chi connectivity index (χ2v) is 7.00. The third-order valence-electron chi connectivity index (χ3n) is 5.60. The lowest BCUT2D eigenvalue weighted by Gasteiger charge is -2.59. The maximum absolute atomic E-state index is 12.6. The molecule has 0 unspecified atom stereocenters. The molecule has 1 saturated heterocycles. The SMILES string of the molecule is COCC(=O)N1C[C@@H]2[C@H](c3ccccc31)[C@H](CO)N2Cc1ccccc1. The number of rotatable bonds is 5. The Morgan fingerprint density at radius 3 is 2.62 bits per heavy atom. The smallest absolute Gasteiger partial charge is 0.253 e. The van der Waals surface area contributed by atoms with Crippen molar-refractivity contribution in [1.29, 1.82) is 0 Å². The number of carbonyl (C=O) groups is 1. The Bertz CT molecular complexity index is 780. The molecule has 2 heterocycles. The van der Waals surface area contributed by atoms with Crippen LogP contribution in [0.1, 0.15) is 17.0 Å². The minimum atomic E-state index is -0.0227. The van der Waals surface area contributed by atoms with Crippen LogP contribution in [-0.2, 0) is 16.1 Å². The first-order chi connectivity index (χ1) is 12.7. The van der Waals surface area contributed by atoms with E-state index in [4.69, 9.17) is 4.74 Å². The molecular formula is C21H24N2O3. The van der Waals surface area contributed by atoms with Gasteiger partial charge in [-0.25, -0.2) is 0 Å². The Morgan fingerprint density at radius 2 is 1.88 bits per heavy atom. The minimum absolute atomic E-state index is 0.0227. The topological polar surface area (TPSA) is 53.0 Å². The van der Waals surface area contributed by atoms with Crippen molar-refractivity contribution >= 4 is 11.6 Å². The van der Waals surface area contributed by atoms with Crippen molar-refractivity contribution < 1.29 is 14.6 Å². The molecule has 5 heteroatoms. The van der Waals surface area contributed by atoms with E-state index in [0.717, 1.165) is 17.8 Å². The summed E-state index contributed by atoms with van der Waals surface area (Å²) in [6.45, 7) is 1.61. The van der Waals surface area contributed by atoms with E-state index >= 15 is 0 Å². The number of nitrogens with zero attached hydrogens (tertiary/aromatic N) is 2. The van der Waals surface area contributed by atoms with Crippen molar-refractivity contribution in [2.45, 2.75) is 24.5 Å². The van der Waals surface area contributed by atoms with Gasteiger partial charge in [0.2, 0.25) is 0 Å². The molecule has 2 aliphatic heterocycles. The number of aliphatic hydroxyl groups is 1. The van der Waals surface area contributed by atoms with Gasteiger partial charge < -0.3 is 14.7 Å². The zero-order valence-electron chi connectivity index (χ0n) is 14.9. The van der Waals surface area contributed by atoms with Gasteiger partial charge in [-0.05, 0) is 17.2 Å². The number of hydrogen-bond donors (Lipinski definition) is 1. The van der Waals surface area contributed by atoms with Crippen molar-refractivity contribution in [3.05, 3.63) is 65.7 Å². The first-order valence-corrected chi connectivity index (χ1v) is 9.03. The average Bonchev–Trinajstić information content (AvgIpc) is 2.67. The van der Waals surface area contributed by atoms with Gasteiger partial charge in [0, 0.05) is 43.9 Å². The summed E-state index contributed by atoms with van der Waals surface area (Å²) < 4.78 is 5.07. The van der Waals surface area contributed by atoms with Crippen LogP contribution in [0.15, 0.2) is 54.6 Å². The van der Waals surface area contributed by atoms with Gasteiger partial charge in [-0.15, -0.1) is 0 Å². The van der Waals surface area contributed by atoms with Crippen LogP contribution in [0.25, 0.3) is 0 Å². The number of para-hydroxylation sites is 1. The number of fused-ring (bicyclic) bond motifs is 3. The number of amides is 1. The first kappa shape index (κ1) is 17.2. The van der Waals surface area contributed by atoms with Gasteiger partial charge >= 0.3 is 0 Å². The fraction of sp³-hybridized carbons (Fsp3) is 0.381. The van der Waals surface area contributed by atoms with E-state index in [1.54, 1.807) is 7.11 Å². The molecule has 1 amide bonds. The molecule has 1 fully saturated rings. The van der Waals surface area contributed by atoms with Crippen LogP contribution >= 0.6 is 0 Å². The molecule has 4 rings (SSSR count). The van der Waals surface area contributed by atoms with Crippen LogP contribution in [0.4, 0.5) is 5.69 Å². The highest BCUT2D eigenvalue weighted by atomic mass is 16.5. The Labute approximate surface area is 153 Å². The molecule has 3 atom stereocenters. The monoisotopic (exact) mass is 352 g/mol. The maximum Gasteiger partial charge on any atom is 0.253 e. The molecule has 1 N–H and O–H groups in total. The average molecular weight is 352 g/mol. The third-order valence-corrected chi connectivity index (χ3v) is 5.60. The highest BCUT2D eigenvalue weighted by Gasteiger charge is 2.52. The zero-order valence-corrected chi connectivity index (χ0v) is 14.9. The molecule has 0 saturated carbocycles. The number of hydrogen-bond acceptors (Lipinski definition) is 4. The van der Waals surface area contributed by atoms with Gasteiger partial charge in [0.25, 0.3) is 5.91 Å². The summed E-state index contributed by atoms with van der Waals surface area (Å²) in [5.41, 5.74) is 3.32. The van der Waals surface area contributed by atoms with Crippen molar-refractivity contribution in [3.8, 4) is 0 Å². The molecule has 26 heavy (non-hydrogen) atoms. The summed E-state index contributed by atoms with van der Waals surface area (Å²) in [5.74, 6) is 0.233. The fourth-order valence-electron chi connectivity index (χ4n) is 4.43. The standard InChI is InChI=1S/C21H24N2O3/c1-26-14-20(25)23-12-18-21(16-9-5-6-10-17(16)23)19(13-24)22(18)11-15-7-3-2-4-8-15/h2-10,18-19,21,24H,11-14H2,1H3/t18-,19+,21+/m1/s1. The molecule has 0 aliphatic carbocycles. The van der Waals surface area contributed by atoms with E-state index in [1.165, 1.54) is 5.56 Å². The lowest BCUT2D eigenvalue weighted by Crippen LogP contribution is -2.68. The van der Waals surface area contributed by atoms with Gasteiger partial charge in [0.15, 0.2) is 0 Å².